The maximum atomic E-state index is 14.0. The smallest absolute Gasteiger partial charge is 0.255 e. The Kier molecular flexibility index (Phi) is 5.63. The van der Waals surface area contributed by atoms with Gasteiger partial charge in [0.05, 0.1) is 23.6 Å². The number of fused-ring (bicyclic) bond motifs is 3. The van der Waals surface area contributed by atoms with Gasteiger partial charge in [-0.1, -0.05) is 31.2 Å². The number of allylic oxidation sites excluding steroid dienone is 2. The SMILES string of the molecule is C[C@H]1c2ccc(C3C=CCC3)c(O)c2C(O)=C2C(=O)[C@]3(O)C(O)=C(C(N)=O)C(=O)[C@@H](N(C)C)[C@@H]3[C@@H](O)[C@@H]21. The number of aliphatic hydroxyl groups is 4. The molecular weight excluding hydrogens is 480 g/mol. The number of benzene rings is 1. The maximum absolute atomic E-state index is 14.0. The normalized spacial score (nSPS) is 35.1. The van der Waals surface area contributed by atoms with Crippen LogP contribution in [0.2, 0.25) is 0 Å². The third-order valence-corrected chi connectivity index (χ3v) is 8.57. The number of aliphatic hydroxyl groups excluding tert-OH is 3. The van der Waals surface area contributed by atoms with Crippen LogP contribution in [0.15, 0.2) is 41.2 Å². The first-order chi connectivity index (χ1) is 17.3. The molecule has 7 atom stereocenters. The van der Waals surface area contributed by atoms with Crippen molar-refractivity contribution in [2.75, 3.05) is 14.1 Å². The van der Waals surface area contributed by atoms with Gasteiger partial charge in [-0.05, 0) is 38.4 Å². The Hall–Kier alpha value is -3.47. The molecule has 1 aromatic rings. The third-order valence-electron chi connectivity index (χ3n) is 8.57. The molecular formula is C27H30N2O8. The number of ketones is 2. The van der Waals surface area contributed by atoms with Crippen LogP contribution in [0.3, 0.4) is 0 Å². The van der Waals surface area contributed by atoms with Crippen molar-refractivity contribution >= 4 is 23.2 Å². The molecule has 7 N–H and O–H groups in total. The fraction of sp³-hybridized carbons (Fsp3) is 0.444. The zero-order valence-corrected chi connectivity index (χ0v) is 20.7. The van der Waals surface area contributed by atoms with Crippen LogP contribution in [0.5, 0.6) is 5.75 Å². The molecule has 1 fully saturated rings. The number of primary amides is 1. The third kappa shape index (κ3) is 3.12. The zero-order valence-electron chi connectivity index (χ0n) is 20.7. The summed E-state index contributed by atoms with van der Waals surface area (Å²) in [5.74, 6) is -8.83. The molecule has 0 bridgehead atoms. The Morgan fingerprint density at radius 2 is 1.78 bits per heavy atom. The van der Waals surface area contributed by atoms with E-state index in [4.69, 9.17) is 5.73 Å². The van der Waals surface area contributed by atoms with Gasteiger partial charge in [0.2, 0.25) is 5.78 Å². The Balaban J connectivity index is 1.77. The lowest BCUT2D eigenvalue weighted by molar-refractivity contribution is -0.169. The Bertz CT molecular complexity index is 1340. The van der Waals surface area contributed by atoms with Crippen molar-refractivity contribution in [3.05, 3.63) is 57.9 Å². The number of hydrogen-bond acceptors (Lipinski definition) is 9. The van der Waals surface area contributed by atoms with Crippen molar-refractivity contribution in [3.63, 3.8) is 0 Å². The molecule has 10 nitrogen and oxygen atoms in total. The monoisotopic (exact) mass is 510 g/mol. The molecule has 1 amide bonds. The lowest BCUT2D eigenvalue weighted by Crippen LogP contribution is -2.70. The number of carbonyl (C=O) groups is 3. The van der Waals surface area contributed by atoms with Gasteiger partial charge < -0.3 is 31.3 Å². The minimum atomic E-state index is -2.91. The molecule has 0 aromatic heterocycles. The molecule has 196 valence electrons. The van der Waals surface area contributed by atoms with Crippen LogP contribution in [0.4, 0.5) is 0 Å². The number of nitrogens with two attached hydrogens (primary N) is 1. The number of rotatable bonds is 3. The molecule has 10 heteroatoms. The second kappa shape index (κ2) is 8.27. The van der Waals surface area contributed by atoms with E-state index in [-0.39, 0.29) is 22.8 Å². The minimum absolute atomic E-state index is 0.0220. The number of aromatic hydroxyl groups is 1. The second-order valence-corrected chi connectivity index (χ2v) is 10.6. The molecule has 1 unspecified atom stereocenters. The van der Waals surface area contributed by atoms with E-state index in [1.165, 1.54) is 19.0 Å². The van der Waals surface area contributed by atoms with E-state index < -0.39 is 70.1 Å². The average molecular weight is 511 g/mol. The fourth-order valence-electron chi connectivity index (χ4n) is 6.82. The van der Waals surface area contributed by atoms with Crippen LogP contribution < -0.4 is 5.73 Å². The standard InChI is InChI=1S/C27H30N2O8/c1-10-12-8-9-13(11-6-4-5-7-11)20(30)15(12)21(31)16-14(10)22(32)18-19(29(2)3)23(33)17(26(28)36)25(35)27(18,37)24(16)34/h4,6,8-11,14,18-19,22,30-32,35,37H,5,7H2,1-3H3,(H2,28,36)/t10-,11?,14+,18+,19-,22-,27-/m0/s1. The first kappa shape index (κ1) is 25.2. The van der Waals surface area contributed by atoms with Gasteiger partial charge >= 0.3 is 0 Å². The second-order valence-electron chi connectivity index (χ2n) is 10.6. The summed E-state index contributed by atoms with van der Waals surface area (Å²) in [5, 5.41) is 56.9. The Morgan fingerprint density at radius 3 is 2.35 bits per heavy atom. The number of hydrogen-bond donors (Lipinski definition) is 6. The number of phenols is 1. The van der Waals surface area contributed by atoms with Crippen molar-refractivity contribution in [2.45, 2.75) is 49.3 Å². The predicted octanol–water partition coefficient (Wildman–Crippen LogP) is 0.929. The Morgan fingerprint density at radius 1 is 1.14 bits per heavy atom. The van der Waals surface area contributed by atoms with Crippen LogP contribution in [0.1, 0.15) is 48.3 Å². The van der Waals surface area contributed by atoms with Crippen LogP contribution in [0, 0.1) is 11.8 Å². The van der Waals surface area contributed by atoms with Crippen molar-refractivity contribution in [1.82, 2.24) is 4.90 Å². The molecule has 0 radical (unpaired) electrons. The van der Waals surface area contributed by atoms with E-state index in [2.05, 4.69) is 0 Å². The van der Waals surface area contributed by atoms with E-state index >= 15 is 0 Å². The molecule has 4 aliphatic rings. The van der Waals surface area contributed by atoms with Gasteiger partial charge in [-0.15, -0.1) is 0 Å². The summed E-state index contributed by atoms with van der Waals surface area (Å²) in [5.41, 5.74) is 2.19. The summed E-state index contributed by atoms with van der Waals surface area (Å²) in [6.07, 6.45) is 3.96. The summed E-state index contributed by atoms with van der Waals surface area (Å²) in [6, 6.07) is 2.13. The van der Waals surface area contributed by atoms with Gasteiger partial charge in [-0.2, -0.15) is 0 Å². The highest BCUT2D eigenvalue weighted by molar-refractivity contribution is 6.24. The van der Waals surface area contributed by atoms with Gasteiger partial charge in [-0.25, -0.2) is 0 Å². The van der Waals surface area contributed by atoms with E-state index in [0.717, 1.165) is 12.8 Å². The number of likely N-dealkylation sites (N-methyl/N-ethyl adjacent to an activating group) is 1. The van der Waals surface area contributed by atoms with E-state index in [9.17, 15) is 39.9 Å². The van der Waals surface area contributed by atoms with Gasteiger partial charge in [0.25, 0.3) is 5.91 Å². The summed E-state index contributed by atoms with van der Waals surface area (Å²) in [7, 11) is 2.95. The fourth-order valence-corrected chi connectivity index (χ4v) is 6.82. The molecule has 0 saturated heterocycles. The molecule has 4 aliphatic carbocycles. The molecule has 0 heterocycles. The molecule has 37 heavy (non-hydrogen) atoms. The summed E-state index contributed by atoms with van der Waals surface area (Å²) in [4.78, 5) is 40.6. The quantitative estimate of drug-likeness (QED) is 0.254. The van der Waals surface area contributed by atoms with Crippen LogP contribution >= 0.6 is 0 Å². The molecule has 0 aliphatic heterocycles. The van der Waals surface area contributed by atoms with Crippen molar-refractivity contribution < 1.29 is 39.9 Å². The highest BCUT2D eigenvalue weighted by Gasteiger charge is 2.68. The summed E-state index contributed by atoms with van der Waals surface area (Å²) < 4.78 is 0. The summed E-state index contributed by atoms with van der Waals surface area (Å²) >= 11 is 0. The van der Waals surface area contributed by atoms with Gasteiger partial charge in [0, 0.05) is 23.0 Å². The number of amides is 1. The van der Waals surface area contributed by atoms with E-state index in [1.807, 2.05) is 12.2 Å². The lowest BCUT2D eigenvalue weighted by Gasteiger charge is -2.53. The zero-order chi connectivity index (χ0) is 27.1. The highest BCUT2D eigenvalue weighted by atomic mass is 16.4. The largest absolute Gasteiger partial charge is 0.508 e. The molecule has 1 saturated carbocycles. The van der Waals surface area contributed by atoms with Gasteiger partial charge in [-0.3, -0.25) is 19.3 Å². The van der Waals surface area contributed by atoms with Crippen LogP contribution in [-0.2, 0) is 14.4 Å². The average Bonchev–Trinajstić information content (AvgIpc) is 3.35. The first-order valence-electron chi connectivity index (χ1n) is 12.2. The number of phenolic OH excluding ortho intramolecular Hbond substituents is 1. The predicted molar refractivity (Wildman–Crippen MR) is 131 cm³/mol. The number of carbonyl (C=O) groups excluding carboxylic acids is 3. The molecule has 1 aromatic carbocycles. The lowest BCUT2D eigenvalue weighted by atomic mass is 9.54. The van der Waals surface area contributed by atoms with E-state index in [0.29, 0.717) is 11.1 Å². The number of Topliss-reactive ketones (excluding diaryl/α,β-unsaturated/α-hetero) is 2. The van der Waals surface area contributed by atoms with Gasteiger partial charge in [0.15, 0.2) is 11.4 Å². The molecule has 5 rings (SSSR count). The van der Waals surface area contributed by atoms with Crippen molar-refractivity contribution in [3.8, 4) is 5.75 Å². The first-order valence-corrected chi connectivity index (χ1v) is 12.2. The topological polar surface area (TPSA) is 182 Å². The van der Waals surface area contributed by atoms with E-state index in [1.54, 1.807) is 19.1 Å². The summed E-state index contributed by atoms with van der Waals surface area (Å²) in [6.45, 7) is 1.71. The van der Waals surface area contributed by atoms with Crippen LogP contribution in [0.25, 0.3) is 5.76 Å². The van der Waals surface area contributed by atoms with Crippen molar-refractivity contribution in [1.29, 1.82) is 0 Å². The Labute approximate surface area is 213 Å². The highest BCUT2D eigenvalue weighted by Crippen LogP contribution is 2.56. The molecule has 0 spiro atoms. The maximum Gasteiger partial charge on any atom is 0.255 e. The van der Waals surface area contributed by atoms with Crippen molar-refractivity contribution in [2.24, 2.45) is 17.6 Å². The van der Waals surface area contributed by atoms with Crippen LogP contribution in [-0.4, -0.2) is 79.7 Å². The van der Waals surface area contributed by atoms with Gasteiger partial charge in [0.1, 0.15) is 22.8 Å². The number of nitrogens with zero attached hydrogens (tertiary/aromatic N) is 1. The minimum Gasteiger partial charge on any atom is -0.508 e.